The van der Waals surface area contributed by atoms with Crippen molar-refractivity contribution in [1.29, 1.82) is 0 Å². The summed E-state index contributed by atoms with van der Waals surface area (Å²) >= 11 is 12.8. The topological polar surface area (TPSA) is 125 Å². The van der Waals surface area contributed by atoms with Crippen molar-refractivity contribution in [3.05, 3.63) is 75.7 Å². The molecule has 0 radical (unpaired) electrons. The first-order valence-electron chi connectivity index (χ1n) is 12.4. The van der Waals surface area contributed by atoms with Crippen LogP contribution in [-0.4, -0.2) is 22.2 Å². The molecule has 0 unspecified atom stereocenters. The van der Waals surface area contributed by atoms with E-state index in [0.717, 1.165) is 49.8 Å². The Balaban J connectivity index is 1.58. The van der Waals surface area contributed by atoms with E-state index in [9.17, 15) is 4.79 Å². The number of anilines is 1. The number of amides is 1. The minimum atomic E-state index is -0.314. The Kier molecular flexibility index (Phi) is 9.22. The highest BCUT2D eigenvalue weighted by Crippen LogP contribution is 2.32. The van der Waals surface area contributed by atoms with Crippen LogP contribution in [0.1, 0.15) is 61.5 Å². The number of aryl methyl sites for hydroxylation is 1. The number of rotatable bonds is 5. The Hall–Kier alpha value is -3.33. The minimum Gasteiger partial charge on any atom is -0.343 e. The third-order valence-corrected chi connectivity index (χ3v) is 6.92. The predicted octanol–water partition coefficient (Wildman–Crippen LogP) is 5.73. The molecular weight excluding hydrogens is 509 g/mol. The average Bonchev–Trinajstić information content (AvgIpc) is 3.27. The molecule has 2 aromatic carbocycles. The zero-order valence-electron chi connectivity index (χ0n) is 20.5. The van der Waals surface area contributed by atoms with Crippen molar-refractivity contribution in [1.82, 2.24) is 15.3 Å². The Labute approximate surface area is 226 Å². The quantitative estimate of drug-likeness (QED) is 0.108. The molecule has 0 spiro atoms. The summed E-state index contributed by atoms with van der Waals surface area (Å²) in [5.74, 6) is 11.6. The van der Waals surface area contributed by atoms with Gasteiger partial charge in [-0.1, -0.05) is 73.2 Å². The van der Waals surface area contributed by atoms with E-state index in [2.05, 4.69) is 27.5 Å². The Bertz CT molecular complexity index is 1290. The number of nitrogens with two attached hydrogens (primary N) is 2. The lowest BCUT2D eigenvalue weighted by Crippen LogP contribution is -2.30. The van der Waals surface area contributed by atoms with E-state index in [-0.39, 0.29) is 11.9 Å². The van der Waals surface area contributed by atoms with E-state index in [1.54, 1.807) is 24.3 Å². The maximum absolute atomic E-state index is 13.0. The molecule has 1 atom stereocenters. The second-order valence-electron chi connectivity index (χ2n) is 9.02. The largest absolute Gasteiger partial charge is 0.343 e. The number of benzene rings is 2. The van der Waals surface area contributed by atoms with Gasteiger partial charge >= 0.3 is 0 Å². The highest BCUT2D eigenvalue weighted by molar-refractivity contribution is 6.32. The Morgan fingerprint density at radius 2 is 1.92 bits per heavy atom. The highest BCUT2D eigenvalue weighted by Gasteiger charge is 2.21. The van der Waals surface area contributed by atoms with E-state index in [1.807, 2.05) is 12.1 Å². The lowest BCUT2D eigenvalue weighted by atomic mass is 9.99. The molecule has 4 rings (SSSR count). The summed E-state index contributed by atoms with van der Waals surface area (Å²) in [6.07, 6.45) is 11.6. The van der Waals surface area contributed by atoms with Crippen LogP contribution >= 0.6 is 23.2 Å². The summed E-state index contributed by atoms with van der Waals surface area (Å²) in [7, 11) is 0. The lowest BCUT2D eigenvalue weighted by molar-refractivity contribution is -0.117. The fourth-order valence-electron chi connectivity index (χ4n) is 4.57. The number of imidazole rings is 1. The average molecular weight is 540 g/mol. The molecule has 1 aliphatic rings. The Morgan fingerprint density at radius 3 is 2.76 bits per heavy atom. The zero-order valence-corrected chi connectivity index (χ0v) is 22.0. The van der Waals surface area contributed by atoms with Gasteiger partial charge in [-0.3, -0.25) is 9.80 Å². The van der Waals surface area contributed by atoms with E-state index in [4.69, 9.17) is 39.9 Å². The van der Waals surface area contributed by atoms with E-state index < -0.39 is 0 Å². The number of carbonyl (C=O) groups is 1. The van der Waals surface area contributed by atoms with Gasteiger partial charge in [0.2, 0.25) is 5.91 Å². The van der Waals surface area contributed by atoms with E-state index in [1.165, 1.54) is 29.4 Å². The van der Waals surface area contributed by atoms with Gasteiger partial charge in [-0.25, -0.2) is 10.8 Å². The van der Waals surface area contributed by atoms with Crippen LogP contribution in [0.15, 0.2) is 53.6 Å². The van der Waals surface area contributed by atoms with E-state index >= 15 is 0 Å². The normalized spacial score (nSPS) is 16.6. The van der Waals surface area contributed by atoms with Gasteiger partial charge in [0.25, 0.3) is 0 Å². The molecule has 0 saturated carbocycles. The second-order valence-corrected chi connectivity index (χ2v) is 9.83. The highest BCUT2D eigenvalue weighted by atomic mass is 35.5. The number of hydrazone groups is 1. The first-order chi connectivity index (χ1) is 18.0. The number of aromatic nitrogens is 2. The summed E-state index contributed by atoms with van der Waals surface area (Å²) in [4.78, 5) is 21.1. The van der Waals surface area contributed by atoms with Crippen molar-refractivity contribution < 1.29 is 4.79 Å². The van der Waals surface area contributed by atoms with Crippen LogP contribution in [0, 0.1) is 0 Å². The van der Waals surface area contributed by atoms with Crippen LogP contribution in [0.4, 0.5) is 5.69 Å². The maximum atomic E-state index is 13.0. The van der Waals surface area contributed by atoms with Crippen LogP contribution < -0.4 is 22.0 Å². The number of fused-ring (bicyclic) bond motifs is 4. The number of nitrogens with one attached hydrogen (secondary N) is 2. The number of aromatic amines is 1. The SMILES string of the molecule is N/N=C\N(N)c1ccc(Cl)cc1/C=C/C(=O)N[C@H]1CCCCCCCc2ccccc2-c2nc1[nH]c2Cl. The summed E-state index contributed by atoms with van der Waals surface area (Å²) in [6.45, 7) is 0. The molecule has 3 aromatic rings. The predicted molar refractivity (Wildman–Crippen MR) is 151 cm³/mol. The molecule has 194 valence electrons. The van der Waals surface area contributed by atoms with Gasteiger partial charge in [0, 0.05) is 22.2 Å². The van der Waals surface area contributed by atoms with Crippen molar-refractivity contribution in [2.75, 3.05) is 5.01 Å². The lowest BCUT2D eigenvalue weighted by Gasteiger charge is -2.17. The first kappa shape index (κ1) is 26.7. The van der Waals surface area contributed by atoms with Gasteiger partial charge in [-0.15, -0.1) is 0 Å². The standard InChI is InChI=1S/C27H31Cl2N7O/c28-20-13-14-23(36(31)17-32-30)19(16-20)12-15-24(37)33-22-11-5-3-1-2-4-8-18-9-6-7-10-21(18)25-26(29)35-27(22)34-25/h6-7,9-10,12-17,22H,1-5,8,11,30-31H2,(H,33,37)(H,34,35)/b15-12+,32-17-/t22-/m0/s1. The summed E-state index contributed by atoms with van der Waals surface area (Å²) in [6, 6.07) is 13.0. The fraction of sp³-hybridized carbons (Fsp3) is 0.296. The molecule has 0 fully saturated rings. The van der Waals surface area contributed by atoms with E-state index in [0.29, 0.717) is 27.3 Å². The number of hydrogen-bond donors (Lipinski definition) is 4. The smallest absolute Gasteiger partial charge is 0.244 e. The number of hydrogen-bond acceptors (Lipinski definition) is 5. The molecule has 6 N–H and O–H groups in total. The molecule has 10 heteroatoms. The van der Waals surface area contributed by atoms with Gasteiger partial charge in [0.15, 0.2) is 0 Å². The van der Waals surface area contributed by atoms with Crippen molar-refractivity contribution >= 4 is 47.2 Å². The molecule has 0 aliphatic carbocycles. The summed E-state index contributed by atoms with van der Waals surface area (Å²) in [5, 5.41) is 8.77. The molecule has 2 heterocycles. The van der Waals surface area contributed by atoms with Gasteiger partial charge in [0.05, 0.1) is 11.7 Å². The van der Waals surface area contributed by atoms with Crippen molar-refractivity contribution in [3.8, 4) is 11.3 Å². The number of hydrazine groups is 1. The number of H-pyrrole nitrogens is 1. The Morgan fingerprint density at radius 1 is 1.14 bits per heavy atom. The third kappa shape index (κ3) is 6.91. The van der Waals surface area contributed by atoms with Crippen LogP contribution in [0.5, 0.6) is 0 Å². The van der Waals surface area contributed by atoms with Crippen LogP contribution in [-0.2, 0) is 11.2 Å². The first-order valence-corrected chi connectivity index (χ1v) is 13.1. The van der Waals surface area contributed by atoms with Gasteiger partial charge in [0.1, 0.15) is 23.0 Å². The summed E-state index contributed by atoms with van der Waals surface area (Å²) < 4.78 is 0. The maximum Gasteiger partial charge on any atom is 0.244 e. The van der Waals surface area contributed by atoms with Crippen molar-refractivity contribution in [2.24, 2.45) is 16.8 Å². The molecule has 0 saturated heterocycles. The summed E-state index contributed by atoms with van der Waals surface area (Å²) in [5.41, 5.74) is 4.21. The zero-order chi connectivity index (χ0) is 26.2. The molecule has 2 bridgehead atoms. The van der Waals surface area contributed by atoms with Crippen LogP contribution in [0.3, 0.4) is 0 Å². The second kappa shape index (κ2) is 12.8. The van der Waals surface area contributed by atoms with Crippen LogP contribution in [0.2, 0.25) is 10.2 Å². The molecule has 1 amide bonds. The fourth-order valence-corrected chi connectivity index (χ4v) is 4.99. The minimum absolute atomic E-state index is 0.272. The monoisotopic (exact) mass is 539 g/mol. The van der Waals surface area contributed by atoms with Gasteiger partial charge in [-0.05, 0) is 49.1 Å². The van der Waals surface area contributed by atoms with Crippen LogP contribution in [0.25, 0.3) is 17.3 Å². The van der Waals surface area contributed by atoms with Gasteiger partial charge in [-0.2, -0.15) is 5.10 Å². The van der Waals surface area contributed by atoms with Crippen molar-refractivity contribution in [2.45, 2.75) is 51.0 Å². The number of carbonyl (C=O) groups excluding carboxylic acids is 1. The molecule has 1 aliphatic heterocycles. The van der Waals surface area contributed by atoms with Crippen molar-refractivity contribution in [3.63, 3.8) is 0 Å². The number of nitrogens with zero attached hydrogens (tertiary/aromatic N) is 3. The molecule has 8 nitrogen and oxygen atoms in total. The molecule has 1 aromatic heterocycles. The van der Waals surface area contributed by atoms with Gasteiger partial charge < -0.3 is 16.1 Å². The molecular formula is C27H31Cl2N7O. The number of halogens is 2. The third-order valence-electron chi connectivity index (χ3n) is 6.41. The molecule has 37 heavy (non-hydrogen) atoms.